The number of alkyl carbamates (subject to hydrolysis) is 1. The molecule has 3 N–H and O–H groups in total. The molecule has 0 aliphatic rings. The quantitative estimate of drug-likeness (QED) is 0.675. The molecule has 0 bridgehead atoms. The second kappa shape index (κ2) is 9.36. The summed E-state index contributed by atoms with van der Waals surface area (Å²) in [6.45, 7) is -0.0957. The molecular weight excluding hydrogens is 312 g/mol. The predicted octanol–water partition coefficient (Wildman–Crippen LogP) is 1.23. The normalized spacial score (nSPS) is 11.5. The maximum atomic E-state index is 11.9. The first-order valence-electron chi connectivity index (χ1n) is 7.57. The van der Waals surface area contributed by atoms with Crippen molar-refractivity contribution in [2.45, 2.75) is 19.1 Å². The first-order valence-corrected chi connectivity index (χ1v) is 7.57. The van der Waals surface area contributed by atoms with Gasteiger partial charge in [0.15, 0.2) is 0 Å². The minimum atomic E-state index is -1.06. The van der Waals surface area contributed by atoms with E-state index in [0.717, 1.165) is 11.3 Å². The third kappa shape index (κ3) is 5.77. The zero-order valence-corrected chi connectivity index (χ0v) is 13.1. The molecule has 0 aliphatic carbocycles. The molecule has 0 radical (unpaired) electrons. The molecule has 0 saturated carbocycles. The van der Waals surface area contributed by atoms with Crippen LogP contribution in [-0.2, 0) is 22.6 Å². The van der Waals surface area contributed by atoms with Crippen LogP contribution in [0.5, 0.6) is 0 Å². The van der Waals surface area contributed by atoms with Crippen molar-refractivity contribution in [3.63, 3.8) is 0 Å². The summed E-state index contributed by atoms with van der Waals surface area (Å²) >= 11 is 0. The Kier molecular flexibility index (Phi) is 6.85. The second-order valence-corrected chi connectivity index (χ2v) is 5.06. The van der Waals surface area contributed by atoms with E-state index in [-0.39, 0.29) is 6.61 Å². The first-order chi connectivity index (χ1) is 11.7. The van der Waals surface area contributed by atoms with Crippen molar-refractivity contribution < 1.29 is 23.8 Å². The number of carbonyl (C=O) groups excluding carboxylic acids is 2. The number of rotatable bonds is 8. The fourth-order valence-electron chi connectivity index (χ4n) is 1.99. The van der Waals surface area contributed by atoms with Gasteiger partial charge >= 0.3 is 6.09 Å². The fraction of sp³-hybridized carbons (Fsp3) is 0.294. The van der Waals surface area contributed by atoms with Gasteiger partial charge in [0.05, 0.1) is 12.9 Å². The molecule has 1 atom stereocenters. The van der Waals surface area contributed by atoms with Crippen molar-refractivity contribution in [1.82, 2.24) is 10.6 Å². The topological polar surface area (TPSA) is 101 Å². The molecule has 2 rings (SSSR count). The van der Waals surface area contributed by atoms with Crippen LogP contribution in [-0.4, -0.2) is 36.3 Å². The van der Waals surface area contributed by atoms with E-state index in [1.54, 1.807) is 18.4 Å². The van der Waals surface area contributed by atoms with Crippen LogP contribution in [0.4, 0.5) is 4.79 Å². The minimum Gasteiger partial charge on any atom is -0.469 e. The van der Waals surface area contributed by atoms with E-state index < -0.39 is 24.6 Å². The van der Waals surface area contributed by atoms with E-state index in [4.69, 9.17) is 9.15 Å². The van der Waals surface area contributed by atoms with E-state index in [0.29, 0.717) is 13.0 Å². The van der Waals surface area contributed by atoms with Gasteiger partial charge in [0.1, 0.15) is 18.4 Å². The Bertz CT molecular complexity index is 628. The molecule has 7 heteroatoms. The highest BCUT2D eigenvalue weighted by Crippen LogP contribution is 2.01. The predicted molar refractivity (Wildman–Crippen MR) is 86.1 cm³/mol. The highest BCUT2D eigenvalue weighted by molar-refractivity contribution is 5.85. The maximum absolute atomic E-state index is 11.9. The van der Waals surface area contributed by atoms with Crippen LogP contribution in [0.3, 0.4) is 0 Å². The lowest BCUT2D eigenvalue weighted by Gasteiger charge is -2.16. The SMILES string of the molecule is O=C(NC(CO)C(=O)NCCc1ccco1)OCc1ccccc1. The number of aliphatic hydroxyl groups is 1. The van der Waals surface area contributed by atoms with Crippen LogP contribution >= 0.6 is 0 Å². The summed E-state index contributed by atoms with van der Waals surface area (Å²) in [4.78, 5) is 23.7. The third-order valence-electron chi connectivity index (χ3n) is 3.25. The Morgan fingerprint density at radius 3 is 2.62 bits per heavy atom. The Morgan fingerprint density at radius 2 is 1.96 bits per heavy atom. The smallest absolute Gasteiger partial charge is 0.408 e. The Morgan fingerprint density at radius 1 is 1.17 bits per heavy atom. The van der Waals surface area contributed by atoms with E-state index in [1.807, 2.05) is 30.3 Å². The lowest BCUT2D eigenvalue weighted by molar-refractivity contribution is -0.123. The second-order valence-electron chi connectivity index (χ2n) is 5.06. The average Bonchev–Trinajstić information content (AvgIpc) is 3.12. The van der Waals surface area contributed by atoms with Gasteiger partial charge in [-0.05, 0) is 17.7 Å². The van der Waals surface area contributed by atoms with Crippen LogP contribution in [0.1, 0.15) is 11.3 Å². The number of furan rings is 1. The molecule has 1 aromatic heterocycles. The van der Waals surface area contributed by atoms with Gasteiger partial charge in [-0.3, -0.25) is 4.79 Å². The lowest BCUT2D eigenvalue weighted by Crippen LogP contribution is -2.49. The van der Waals surface area contributed by atoms with Crippen LogP contribution < -0.4 is 10.6 Å². The van der Waals surface area contributed by atoms with Gasteiger partial charge in [-0.1, -0.05) is 30.3 Å². The van der Waals surface area contributed by atoms with Crippen molar-refractivity contribution in [1.29, 1.82) is 0 Å². The summed E-state index contributed by atoms with van der Waals surface area (Å²) < 4.78 is 10.2. The molecule has 2 aromatic rings. The van der Waals surface area contributed by atoms with Crippen LogP contribution in [0, 0.1) is 0 Å². The van der Waals surface area contributed by atoms with Gasteiger partial charge in [-0.25, -0.2) is 4.79 Å². The molecule has 7 nitrogen and oxygen atoms in total. The summed E-state index contributed by atoms with van der Waals surface area (Å²) in [7, 11) is 0. The number of hydrogen-bond donors (Lipinski definition) is 3. The number of carbonyl (C=O) groups is 2. The van der Waals surface area contributed by atoms with E-state index >= 15 is 0 Å². The monoisotopic (exact) mass is 332 g/mol. The summed E-state index contributed by atoms with van der Waals surface area (Å²) in [5.41, 5.74) is 0.830. The highest BCUT2D eigenvalue weighted by Gasteiger charge is 2.20. The number of ether oxygens (including phenoxy) is 1. The zero-order valence-electron chi connectivity index (χ0n) is 13.1. The van der Waals surface area contributed by atoms with E-state index in [9.17, 15) is 14.7 Å². The molecule has 0 spiro atoms. The van der Waals surface area contributed by atoms with Gasteiger partial charge < -0.3 is 24.9 Å². The summed E-state index contributed by atoms with van der Waals surface area (Å²) in [6.07, 6.45) is 1.31. The fourth-order valence-corrected chi connectivity index (χ4v) is 1.99. The molecule has 1 heterocycles. The molecule has 0 saturated heterocycles. The standard InChI is InChI=1S/C17H20N2O5/c20-11-15(16(21)18-9-8-14-7-4-10-23-14)19-17(22)24-12-13-5-2-1-3-6-13/h1-7,10,15,20H,8-9,11-12H2,(H,18,21)(H,19,22). The molecule has 1 aromatic carbocycles. The molecular formula is C17H20N2O5. The van der Waals surface area contributed by atoms with Crippen molar-refractivity contribution >= 4 is 12.0 Å². The summed E-state index contributed by atoms with van der Waals surface area (Å²) in [6, 6.07) is 11.7. The maximum Gasteiger partial charge on any atom is 0.408 e. The van der Waals surface area contributed by atoms with Gasteiger partial charge in [-0.15, -0.1) is 0 Å². The highest BCUT2D eigenvalue weighted by atomic mass is 16.5. The molecule has 128 valence electrons. The number of benzene rings is 1. The molecule has 1 unspecified atom stereocenters. The van der Waals surface area contributed by atoms with Crippen LogP contribution in [0.15, 0.2) is 53.1 Å². The summed E-state index contributed by atoms with van der Waals surface area (Å²) in [5.74, 6) is 0.256. The lowest BCUT2D eigenvalue weighted by atomic mass is 10.2. The Hall–Kier alpha value is -2.80. The number of nitrogens with one attached hydrogen (secondary N) is 2. The number of aliphatic hydroxyl groups excluding tert-OH is 1. The largest absolute Gasteiger partial charge is 0.469 e. The molecule has 24 heavy (non-hydrogen) atoms. The van der Waals surface area contributed by atoms with E-state index in [1.165, 1.54) is 0 Å². The van der Waals surface area contributed by atoms with Crippen molar-refractivity contribution in [2.75, 3.05) is 13.2 Å². The van der Waals surface area contributed by atoms with Gasteiger partial charge in [0.2, 0.25) is 5.91 Å². The molecule has 0 fully saturated rings. The first kappa shape index (κ1) is 17.6. The van der Waals surface area contributed by atoms with Gasteiger partial charge in [0, 0.05) is 13.0 Å². The van der Waals surface area contributed by atoms with Crippen LogP contribution in [0.25, 0.3) is 0 Å². The average molecular weight is 332 g/mol. The van der Waals surface area contributed by atoms with Gasteiger partial charge in [-0.2, -0.15) is 0 Å². The van der Waals surface area contributed by atoms with Crippen molar-refractivity contribution in [2.24, 2.45) is 0 Å². The number of hydrogen-bond acceptors (Lipinski definition) is 5. The van der Waals surface area contributed by atoms with Crippen molar-refractivity contribution in [3.05, 3.63) is 60.1 Å². The van der Waals surface area contributed by atoms with Gasteiger partial charge in [0.25, 0.3) is 0 Å². The number of amides is 2. The zero-order chi connectivity index (χ0) is 17.2. The van der Waals surface area contributed by atoms with Crippen molar-refractivity contribution in [3.8, 4) is 0 Å². The minimum absolute atomic E-state index is 0.0882. The van der Waals surface area contributed by atoms with Crippen LogP contribution in [0.2, 0.25) is 0 Å². The Labute approximate surface area is 139 Å². The Balaban J connectivity index is 1.71. The molecule has 0 aliphatic heterocycles. The summed E-state index contributed by atoms with van der Waals surface area (Å²) in [5, 5.41) is 14.2. The third-order valence-corrected chi connectivity index (χ3v) is 3.25. The van der Waals surface area contributed by atoms with E-state index in [2.05, 4.69) is 10.6 Å². The molecule has 2 amide bonds.